The SMILES string of the molecule is N#Cc1c2c(c(C#N)c(N3c4ccc(-c5ccccc5)cc4[Si]4(c5ccccc5Oc5ccccc54)c4cc(-c5ccccc5)ccc43)c1N1c3ccc(-c4ccccc4)cc3[Si]3(c4ccccc4Oc4ccccc43)c3cc(-c4ccccc4)ccc31)C1CCC2C1. The van der Waals surface area contributed by atoms with Crippen molar-refractivity contribution >= 4 is 91.8 Å². The van der Waals surface area contributed by atoms with Crippen molar-refractivity contribution in [2.75, 3.05) is 9.80 Å². The van der Waals surface area contributed by atoms with Gasteiger partial charge in [-0.25, -0.2) is 0 Å². The zero-order valence-corrected chi connectivity index (χ0v) is 52.6. The van der Waals surface area contributed by atoms with E-state index >= 15 is 0 Å². The highest BCUT2D eigenvalue weighted by molar-refractivity contribution is 7.23. The first-order valence-electron chi connectivity index (χ1n) is 32.2. The van der Waals surface area contributed by atoms with E-state index in [-0.39, 0.29) is 11.8 Å². The van der Waals surface area contributed by atoms with Gasteiger partial charge < -0.3 is 19.3 Å². The van der Waals surface area contributed by atoms with E-state index in [2.05, 4.69) is 313 Å². The smallest absolute Gasteiger partial charge is 0.192 e. The van der Waals surface area contributed by atoms with E-state index in [9.17, 15) is 10.5 Å². The van der Waals surface area contributed by atoms with Crippen molar-refractivity contribution < 1.29 is 9.47 Å². The molecule has 13 aromatic rings. The fourth-order valence-electron chi connectivity index (χ4n) is 17.3. The Balaban J connectivity index is 0.997. The van der Waals surface area contributed by atoms with Gasteiger partial charge in [0.25, 0.3) is 0 Å². The fraction of sp³-hybridized carbons (Fsp3) is 0.0588. The molecule has 6 nitrogen and oxygen atoms in total. The summed E-state index contributed by atoms with van der Waals surface area (Å²) in [5.74, 6) is 3.58. The van der Waals surface area contributed by atoms with Crippen molar-refractivity contribution in [1.82, 2.24) is 0 Å². The molecule has 4 heterocycles. The van der Waals surface area contributed by atoms with Gasteiger partial charge in [-0.1, -0.05) is 243 Å². The Labute approximate surface area is 542 Å². The van der Waals surface area contributed by atoms with E-state index in [1.807, 2.05) is 0 Å². The van der Waals surface area contributed by atoms with Gasteiger partial charge >= 0.3 is 0 Å². The molecule has 6 aliphatic rings. The molecule has 4 aliphatic heterocycles. The summed E-state index contributed by atoms with van der Waals surface area (Å²) in [7, 11) is -7.03. The molecule has 0 N–H and O–H groups in total. The standard InChI is InChI=1S/C85H56N4O2Si2/c86-52-64-82-62-37-38-63(47-62)83(82)65(53-87)85(89-68-45-41-60(56-25-9-3-10-26-56)50-80(68)93(81-51-61(42-46-69(81)89)57-27-11-4-12-28-57)76-35-19-15-31-72(76)91-73-32-16-20-36-77(73)93)84(64)88-66-43-39-58(54-21-5-1-6-22-54)48-78(66)92(79-49-59(40-44-67(79)88)55-23-7-2-8-24-55)74-33-17-13-29-70(74)90-71-30-14-18-34-75(71)92/h1-36,39-46,48-51,62-63H,37-38,47H2. The number of hydrogen-bond acceptors (Lipinski definition) is 6. The lowest BCUT2D eigenvalue weighted by molar-refractivity contribution is 0.487. The molecule has 8 heteroatoms. The highest BCUT2D eigenvalue weighted by atomic mass is 28.3. The van der Waals surface area contributed by atoms with Gasteiger partial charge in [-0.15, -0.1) is 0 Å². The second-order valence-electron chi connectivity index (χ2n) is 25.5. The van der Waals surface area contributed by atoms with Crippen LogP contribution in [0, 0.1) is 22.7 Å². The highest BCUT2D eigenvalue weighted by Crippen LogP contribution is 2.62. The summed E-state index contributed by atoms with van der Waals surface area (Å²) in [6.45, 7) is 0. The third kappa shape index (κ3) is 7.48. The molecule has 2 unspecified atom stereocenters. The van der Waals surface area contributed by atoms with Crippen molar-refractivity contribution in [2.24, 2.45) is 0 Å². The second-order valence-corrected chi connectivity index (χ2v) is 32.8. The minimum atomic E-state index is -3.52. The number of ether oxygens (including phenoxy) is 2. The van der Waals surface area contributed by atoms with Crippen LogP contribution in [0.2, 0.25) is 0 Å². The van der Waals surface area contributed by atoms with E-state index in [4.69, 9.17) is 9.47 Å². The maximum absolute atomic E-state index is 12.8. The van der Waals surface area contributed by atoms with Gasteiger partial charge in [-0.2, -0.15) is 10.5 Å². The first-order chi connectivity index (χ1) is 46.0. The molecule has 436 valence electrons. The van der Waals surface area contributed by atoms with Crippen molar-refractivity contribution in [2.45, 2.75) is 31.1 Å². The molecule has 2 aliphatic carbocycles. The van der Waals surface area contributed by atoms with Crippen molar-refractivity contribution in [3.05, 3.63) is 313 Å². The number of nitriles is 2. The molecule has 1 saturated carbocycles. The molecular weight excluding hydrogens is 1170 g/mol. The average Bonchev–Trinajstić information content (AvgIpc) is 1.23. The summed E-state index contributed by atoms with van der Waals surface area (Å²) < 4.78 is 14.2. The minimum absolute atomic E-state index is 0.118. The van der Waals surface area contributed by atoms with Crippen molar-refractivity contribution in [1.29, 1.82) is 10.5 Å². The normalized spacial score (nSPS) is 16.3. The number of anilines is 6. The van der Waals surface area contributed by atoms with Crippen LogP contribution in [0.4, 0.5) is 34.1 Å². The lowest BCUT2D eigenvalue weighted by Gasteiger charge is -2.50. The predicted octanol–water partition coefficient (Wildman–Crippen LogP) is 16.0. The Kier molecular flexibility index (Phi) is 11.8. The lowest BCUT2D eigenvalue weighted by Crippen LogP contribution is -2.78. The monoisotopic (exact) mass is 1220 g/mol. The van der Waals surface area contributed by atoms with Gasteiger partial charge in [-0.05, 0) is 177 Å². The van der Waals surface area contributed by atoms with Crippen molar-refractivity contribution in [3.8, 4) is 79.6 Å². The van der Waals surface area contributed by atoms with Gasteiger partial charge in [0.05, 0.1) is 22.5 Å². The molecular formula is C85H56N4O2Si2. The van der Waals surface area contributed by atoms with Crippen LogP contribution in [-0.4, -0.2) is 16.1 Å². The predicted molar refractivity (Wildman–Crippen MR) is 381 cm³/mol. The Morgan fingerprint density at radius 3 is 0.817 bits per heavy atom. The van der Waals surface area contributed by atoms with Crippen molar-refractivity contribution in [3.63, 3.8) is 0 Å². The largest absolute Gasteiger partial charge is 0.458 e. The first-order valence-corrected chi connectivity index (χ1v) is 36.2. The molecule has 13 aromatic carbocycles. The first kappa shape index (κ1) is 53.3. The Morgan fingerprint density at radius 2 is 0.548 bits per heavy atom. The van der Waals surface area contributed by atoms with Crippen LogP contribution in [0.25, 0.3) is 44.5 Å². The average molecular weight is 1220 g/mol. The molecule has 2 spiro atoms. The molecule has 2 atom stereocenters. The van der Waals surface area contributed by atoms with E-state index in [1.54, 1.807) is 0 Å². The van der Waals surface area contributed by atoms with Crippen LogP contribution in [0.1, 0.15) is 53.4 Å². The summed E-state index contributed by atoms with van der Waals surface area (Å²) in [6, 6.07) is 112. The molecule has 0 radical (unpaired) electrons. The molecule has 93 heavy (non-hydrogen) atoms. The Bertz CT molecular complexity index is 4780. The molecule has 0 amide bonds. The van der Waals surface area contributed by atoms with E-state index < -0.39 is 16.1 Å². The third-order valence-electron chi connectivity index (χ3n) is 21.0. The number of para-hydroxylation sites is 4. The lowest BCUT2D eigenvalue weighted by atomic mass is 9.82. The van der Waals surface area contributed by atoms with Crippen LogP contribution in [0.3, 0.4) is 0 Å². The van der Waals surface area contributed by atoms with Crippen LogP contribution in [0.15, 0.2) is 291 Å². The van der Waals surface area contributed by atoms with Crippen LogP contribution >= 0.6 is 0 Å². The fourth-order valence-corrected chi connectivity index (χ4v) is 28.0. The van der Waals surface area contributed by atoms with Gasteiger partial charge in [0.15, 0.2) is 16.1 Å². The highest BCUT2D eigenvalue weighted by Gasteiger charge is 2.58. The topological polar surface area (TPSA) is 72.5 Å². The number of rotatable bonds is 6. The van der Waals surface area contributed by atoms with Gasteiger partial charge in [0.1, 0.15) is 35.1 Å². The molecule has 2 bridgehead atoms. The van der Waals surface area contributed by atoms with Gasteiger partial charge in [-0.3, -0.25) is 0 Å². The summed E-state index contributed by atoms with van der Waals surface area (Å²) in [5, 5.41) is 34.8. The zero-order chi connectivity index (χ0) is 61.5. The Hall–Kier alpha value is -11.5. The number of hydrogen-bond donors (Lipinski definition) is 0. The molecule has 19 rings (SSSR count). The summed E-state index contributed by atoms with van der Waals surface area (Å²) in [4.78, 5) is 4.90. The number of nitrogens with zero attached hydrogens (tertiary/aromatic N) is 4. The minimum Gasteiger partial charge on any atom is -0.458 e. The van der Waals surface area contributed by atoms with E-state index in [0.29, 0.717) is 22.5 Å². The van der Waals surface area contributed by atoms with Crippen LogP contribution in [-0.2, 0) is 0 Å². The van der Waals surface area contributed by atoms with Crippen LogP contribution in [0.5, 0.6) is 23.0 Å². The summed E-state index contributed by atoms with van der Waals surface area (Å²) in [5.41, 5.74) is 17.4. The molecule has 0 aromatic heterocycles. The summed E-state index contributed by atoms with van der Waals surface area (Å²) in [6.07, 6.45) is 2.82. The molecule has 0 saturated heterocycles. The van der Waals surface area contributed by atoms with E-state index in [1.165, 1.54) is 20.7 Å². The third-order valence-corrected chi connectivity index (χ3v) is 30.8. The maximum Gasteiger partial charge on any atom is 0.192 e. The van der Waals surface area contributed by atoms with Crippen LogP contribution < -0.4 is 60.8 Å². The summed E-state index contributed by atoms with van der Waals surface area (Å²) >= 11 is 0. The van der Waals surface area contributed by atoms with Gasteiger partial charge in [0.2, 0.25) is 0 Å². The number of fused-ring (bicyclic) bond motifs is 21. The van der Waals surface area contributed by atoms with E-state index in [0.717, 1.165) is 141 Å². The number of benzene rings is 13. The second kappa shape index (κ2) is 20.5. The zero-order valence-electron chi connectivity index (χ0n) is 50.6. The maximum atomic E-state index is 12.8. The Morgan fingerprint density at radius 1 is 0.290 bits per heavy atom. The molecule has 1 fully saturated rings. The quantitative estimate of drug-likeness (QED) is 0.155. The van der Waals surface area contributed by atoms with Gasteiger partial charge in [0, 0.05) is 22.7 Å².